The second-order valence-electron chi connectivity index (χ2n) is 7.41. The number of benzene rings is 1. The van der Waals surface area contributed by atoms with Crippen LogP contribution in [0.25, 0.3) is 16.5 Å². The van der Waals surface area contributed by atoms with Crippen molar-refractivity contribution in [2.75, 3.05) is 7.05 Å². The molecule has 1 saturated heterocycles. The minimum atomic E-state index is 0.160. The summed E-state index contributed by atoms with van der Waals surface area (Å²) in [4.78, 5) is 14.5. The van der Waals surface area contributed by atoms with Gasteiger partial charge in [-0.05, 0) is 37.3 Å². The van der Waals surface area contributed by atoms with E-state index in [1.807, 2.05) is 11.9 Å². The molecule has 2 atom stereocenters. The first kappa shape index (κ1) is 13.4. The minimum absolute atomic E-state index is 0.160. The van der Waals surface area contributed by atoms with Crippen LogP contribution in [-0.4, -0.2) is 22.4 Å². The third-order valence-electron chi connectivity index (χ3n) is 6.48. The van der Waals surface area contributed by atoms with E-state index in [9.17, 15) is 4.79 Å². The number of carbonyl (C=O) groups is 1. The zero-order chi connectivity index (χ0) is 15.8. The van der Waals surface area contributed by atoms with Crippen molar-refractivity contribution in [2.45, 2.75) is 38.1 Å². The van der Waals surface area contributed by atoms with Crippen LogP contribution < -0.4 is 0 Å². The van der Waals surface area contributed by atoms with Gasteiger partial charge in [0.05, 0.1) is 11.7 Å². The molecule has 1 spiro atoms. The van der Waals surface area contributed by atoms with Gasteiger partial charge in [0.25, 0.3) is 0 Å². The maximum absolute atomic E-state index is 12.5. The molecule has 0 radical (unpaired) electrons. The highest BCUT2D eigenvalue weighted by atomic mass is 16.2. The molecule has 1 fully saturated rings. The molecule has 5 rings (SSSR count). The van der Waals surface area contributed by atoms with Crippen molar-refractivity contribution < 1.29 is 4.79 Å². The van der Waals surface area contributed by atoms with Crippen LogP contribution in [0, 0.1) is 5.41 Å². The molecular weight excluding hydrogens is 284 g/mol. The lowest BCUT2D eigenvalue weighted by Gasteiger charge is -2.47. The molecule has 0 N–H and O–H groups in total. The molecule has 2 heterocycles. The molecule has 2 aliphatic carbocycles. The molecule has 3 nitrogen and oxygen atoms in total. The number of amides is 1. The fourth-order valence-corrected chi connectivity index (χ4v) is 5.53. The van der Waals surface area contributed by atoms with E-state index in [2.05, 4.69) is 42.0 Å². The Balaban J connectivity index is 1.89. The van der Waals surface area contributed by atoms with Gasteiger partial charge >= 0.3 is 0 Å². The number of aryl methyl sites for hydroxylation is 1. The molecule has 2 aromatic rings. The summed E-state index contributed by atoms with van der Waals surface area (Å²) in [6.07, 6.45) is 7.79. The number of fused-ring (bicyclic) bond motifs is 5. The van der Waals surface area contributed by atoms with Crippen molar-refractivity contribution in [1.29, 1.82) is 0 Å². The first-order valence-corrected chi connectivity index (χ1v) is 8.69. The van der Waals surface area contributed by atoms with Crippen LogP contribution >= 0.6 is 0 Å². The quantitative estimate of drug-likeness (QED) is 0.721. The van der Waals surface area contributed by atoms with E-state index in [0.717, 1.165) is 6.42 Å². The van der Waals surface area contributed by atoms with Crippen LogP contribution in [0.15, 0.2) is 30.3 Å². The largest absolute Gasteiger partial charge is 0.344 e. The van der Waals surface area contributed by atoms with E-state index >= 15 is 0 Å². The maximum atomic E-state index is 12.5. The van der Waals surface area contributed by atoms with E-state index < -0.39 is 0 Å². The van der Waals surface area contributed by atoms with Crippen molar-refractivity contribution in [1.82, 2.24) is 9.47 Å². The number of aromatic nitrogens is 1. The predicted molar refractivity (Wildman–Crippen MR) is 91.9 cm³/mol. The molecular formula is C20H22N2O. The summed E-state index contributed by atoms with van der Waals surface area (Å²) in [5.41, 5.74) is 5.74. The Bertz CT molecular complexity index is 875. The molecule has 1 aromatic carbocycles. The van der Waals surface area contributed by atoms with Gasteiger partial charge in [-0.25, -0.2) is 0 Å². The number of hydrogen-bond donors (Lipinski definition) is 0. The standard InChI is InChI=1S/C20H22N2O/c1-21-15-9-4-3-7-13(15)17-18(21)14-8-5-6-11-20(14)12-10-16(23)22(2)19(17)20/h3-4,7-9,19H,5-6,10-12H2,1-2H3/t19-,20+/m0/s1. The van der Waals surface area contributed by atoms with E-state index in [4.69, 9.17) is 0 Å². The second-order valence-corrected chi connectivity index (χ2v) is 7.41. The van der Waals surface area contributed by atoms with Gasteiger partial charge in [-0.3, -0.25) is 4.79 Å². The van der Waals surface area contributed by atoms with Gasteiger partial charge in [-0.1, -0.05) is 24.3 Å². The summed E-state index contributed by atoms with van der Waals surface area (Å²) < 4.78 is 2.36. The summed E-state index contributed by atoms with van der Waals surface area (Å²) >= 11 is 0. The van der Waals surface area contributed by atoms with E-state index in [0.29, 0.717) is 12.3 Å². The molecule has 3 heteroatoms. The molecule has 1 aliphatic heterocycles. The third kappa shape index (κ3) is 1.44. The van der Waals surface area contributed by atoms with E-state index in [-0.39, 0.29) is 11.5 Å². The summed E-state index contributed by atoms with van der Waals surface area (Å²) in [7, 11) is 4.19. The fraction of sp³-hybridized carbons (Fsp3) is 0.450. The monoisotopic (exact) mass is 306 g/mol. The van der Waals surface area contributed by atoms with Gasteiger partial charge in [0.15, 0.2) is 0 Å². The molecule has 1 amide bonds. The average molecular weight is 306 g/mol. The zero-order valence-corrected chi connectivity index (χ0v) is 13.8. The van der Waals surface area contributed by atoms with Crippen molar-refractivity contribution in [3.05, 3.63) is 41.6 Å². The normalized spacial score (nSPS) is 29.3. The van der Waals surface area contributed by atoms with Gasteiger partial charge in [0.2, 0.25) is 5.91 Å². The number of rotatable bonds is 0. The molecule has 23 heavy (non-hydrogen) atoms. The van der Waals surface area contributed by atoms with Gasteiger partial charge in [0, 0.05) is 42.4 Å². The smallest absolute Gasteiger partial charge is 0.222 e. The number of carbonyl (C=O) groups excluding carboxylic acids is 1. The van der Waals surface area contributed by atoms with Gasteiger partial charge in [0.1, 0.15) is 0 Å². The van der Waals surface area contributed by atoms with Crippen LogP contribution in [-0.2, 0) is 11.8 Å². The molecule has 3 aliphatic rings. The SMILES string of the molecule is CN1C(=O)CC[C@]23CCCC=C2c2c(c4ccccc4n2C)[C@H]13. The number of allylic oxidation sites excluding steroid dienone is 1. The molecule has 0 saturated carbocycles. The molecule has 118 valence electrons. The first-order chi connectivity index (χ1) is 11.1. The Kier molecular flexibility index (Phi) is 2.50. The highest BCUT2D eigenvalue weighted by molar-refractivity contribution is 5.97. The van der Waals surface area contributed by atoms with Crippen molar-refractivity contribution >= 4 is 22.4 Å². The first-order valence-electron chi connectivity index (χ1n) is 8.69. The van der Waals surface area contributed by atoms with Crippen molar-refractivity contribution in [3.8, 4) is 0 Å². The number of likely N-dealkylation sites (tertiary alicyclic amines) is 1. The van der Waals surface area contributed by atoms with Gasteiger partial charge < -0.3 is 9.47 Å². The Morgan fingerprint density at radius 3 is 2.87 bits per heavy atom. The molecule has 0 bridgehead atoms. The second kappa shape index (κ2) is 4.28. The Morgan fingerprint density at radius 1 is 1.17 bits per heavy atom. The average Bonchev–Trinajstić information content (AvgIpc) is 3.03. The van der Waals surface area contributed by atoms with Gasteiger partial charge in [-0.15, -0.1) is 0 Å². The lowest BCUT2D eigenvalue weighted by Crippen LogP contribution is -2.45. The zero-order valence-electron chi connectivity index (χ0n) is 13.8. The highest BCUT2D eigenvalue weighted by Crippen LogP contribution is 2.65. The van der Waals surface area contributed by atoms with Crippen LogP contribution in [0.4, 0.5) is 0 Å². The fourth-order valence-electron chi connectivity index (χ4n) is 5.53. The number of hydrogen-bond acceptors (Lipinski definition) is 1. The van der Waals surface area contributed by atoms with Crippen LogP contribution in [0.5, 0.6) is 0 Å². The summed E-state index contributed by atoms with van der Waals surface area (Å²) in [5, 5.41) is 1.33. The Morgan fingerprint density at radius 2 is 2.00 bits per heavy atom. The molecule has 0 unspecified atom stereocenters. The summed E-state index contributed by atoms with van der Waals surface area (Å²) in [5.74, 6) is 0.298. The lowest BCUT2D eigenvalue weighted by atomic mass is 9.65. The number of piperidine rings is 1. The summed E-state index contributed by atoms with van der Waals surface area (Å²) in [6, 6.07) is 8.87. The van der Waals surface area contributed by atoms with Crippen LogP contribution in [0.3, 0.4) is 0 Å². The molecule has 1 aromatic heterocycles. The summed E-state index contributed by atoms with van der Waals surface area (Å²) in [6.45, 7) is 0. The van der Waals surface area contributed by atoms with E-state index in [1.165, 1.54) is 47.0 Å². The topological polar surface area (TPSA) is 25.2 Å². The highest BCUT2D eigenvalue weighted by Gasteiger charge is 2.56. The van der Waals surface area contributed by atoms with Crippen LogP contribution in [0.1, 0.15) is 49.4 Å². The number of para-hydroxylation sites is 1. The van der Waals surface area contributed by atoms with Gasteiger partial charge in [-0.2, -0.15) is 0 Å². The Hall–Kier alpha value is -2.03. The minimum Gasteiger partial charge on any atom is -0.344 e. The lowest BCUT2D eigenvalue weighted by molar-refractivity contribution is -0.139. The predicted octanol–water partition coefficient (Wildman–Crippen LogP) is 4.04. The van der Waals surface area contributed by atoms with Crippen molar-refractivity contribution in [3.63, 3.8) is 0 Å². The maximum Gasteiger partial charge on any atom is 0.222 e. The third-order valence-corrected chi connectivity index (χ3v) is 6.48. The van der Waals surface area contributed by atoms with Crippen LogP contribution in [0.2, 0.25) is 0 Å². The number of nitrogens with zero attached hydrogens (tertiary/aromatic N) is 2. The Labute approximate surface area is 136 Å². The van der Waals surface area contributed by atoms with E-state index in [1.54, 1.807) is 0 Å². The van der Waals surface area contributed by atoms with Crippen molar-refractivity contribution in [2.24, 2.45) is 12.5 Å².